The molecule has 0 saturated heterocycles. The lowest BCUT2D eigenvalue weighted by Crippen LogP contribution is -2.69. The summed E-state index contributed by atoms with van der Waals surface area (Å²) in [6, 6.07) is -0.372. The van der Waals surface area contributed by atoms with E-state index in [0.717, 1.165) is 19.3 Å². The number of esters is 1. The summed E-state index contributed by atoms with van der Waals surface area (Å²) in [5, 5.41) is 6.44. The van der Waals surface area contributed by atoms with Crippen LogP contribution in [0.3, 0.4) is 0 Å². The van der Waals surface area contributed by atoms with Crippen molar-refractivity contribution in [3.8, 4) is 0 Å². The molecule has 0 radical (unpaired) electrons. The lowest BCUT2D eigenvalue weighted by Gasteiger charge is -2.52. The molecule has 0 spiro atoms. The molecule has 33 heavy (non-hydrogen) atoms. The monoisotopic (exact) mass is 469 g/mol. The van der Waals surface area contributed by atoms with Gasteiger partial charge in [0.15, 0.2) is 0 Å². The molecule has 0 heterocycles. The van der Waals surface area contributed by atoms with Crippen molar-refractivity contribution in [3.63, 3.8) is 0 Å². The molecule has 1 rings (SSSR count). The highest BCUT2D eigenvalue weighted by Crippen LogP contribution is 2.44. The van der Waals surface area contributed by atoms with Crippen LogP contribution in [0.4, 0.5) is 0 Å². The number of carbonyl (C=O) groups excluding carboxylic acids is 2. The Bertz CT molecular complexity index is 822. The molecule has 0 aliphatic heterocycles. The third kappa shape index (κ3) is 6.82. The quantitative estimate of drug-likeness (QED) is 0.386. The second-order valence-electron chi connectivity index (χ2n) is 10.6. The highest BCUT2D eigenvalue weighted by molar-refractivity contribution is 5.89. The van der Waals surface area contributed by atoms with E-state index in [-0.39, 0.29) is 29.7 Å². The lowest BCUT2D eigenvalue weighted by molar-refractivity contribution is -0.169. The number of ether oxygens (including phenoxy) is 2. The van der Waals surface area contributed by atoms with E-state index in [9.17, 15) is 9.59 Å². The van der Waals surface area contributed by atoms with Crippen molar-refractivity contribution in [3.05, 3.63) is 11.6 Å². The van der Waals surface area contributed by atoms with Crippen LogP contribution in [-0.4, -0.2) is 48.3 Å². The first-order chi connectivity index (χ1) is 16.2. The van der Waals surface area contributed by atoms with Crippen molar-refractivity contribution in [2.75, 3.05) is 7.05 Å². The molecule has 0 aromatic rings. The molecule has 1 aliphatic rings. The van der Waals surface area contributed by atoms with Crippen LogP contribution in [0, 0.1) is 11.3 Å². The van der Waals surface area contributed by atoms with Crippen LogP contribution in [0.25, 0.3) is 0 Å². The van der Waals surface area contributed by atoms with Crippen LogP contribution in [0.1, 0.15) is 105 Å². The lowest BCUT2D eigenvalue weighted by atomic mass is 9.70. The van der Waals surface area contributed by atoms with Crippen LogP contribution in [0.5, 0.6) is 0 Å². The van der Waals surface area contributed by atoms with Gasteiger partial charge in [-0.05, 0) is 64.9 Å². The first-order valence-corrected chi connectivity index (χ1v) is 12.3. The average molecular weight is 470 g/mol. The normalized spacial score (nSPS) is 29.1. The Morgan fingerprint density at radius 3 is 2.33 bits per heavy atom. The second kappa shape index (κ2) is 11.8. The third-order valence-corrected chi connectivity index (χ3v) is 7.65. The van der Waals surface area contributed by atoms with Gasteiger partial charge in [-0.25, -0.2) is 4.79 Å². The summed E-state index contributed by atoms with van der Waals surface area (Å²) in [5.74, 6) is -1.10. The van der Waals surface area contributed by atoms with Gasteiger partial charge in [0.05, 0.1) is 18.6 Å². The van der Waals surface area contributed by atoms with Crippen molar-refractivity contribution in [2.24, 2.45) is 11.3 Å². The smallest absolute Gasteiger partial charge is 0.334 e. The van der Waals surface area contributed by atoms with E-state index in [1.165, 1.54) is 13.8 Å². The largest absolute Gasteiger partial charge is 0.459 e. The van der Waals surface area contributed by atoms with Gasteiger partial charge in [-0.3, -0.25) is 4.79 Å². The zero-order valence-corrected chi connectivity index (χ0v) is 22.8. The zero-order valence-electron chi connectivity index (χ0n) is 25.8. The van der Waals surface area contributed by atoms with E-state index in [2.05, 4.69) is 45.3 Å². The summed E-state index contributed by atoms with van der Waals surface area (Å²) in [7, 11) is 1.77. The Balaban J connectivity index is 3.64. The molecule has 192 valence electrons. The van der Waals surface area contributed by atoms with E-state index in [0.29, 0.717) is 5.57 Å². The molecule has 0 fully saturated rings. The Hall–Kier alpha value is -1.40. The van der Waals surface area contributed by atoms with Crippen LogP contribution in [-0.2, 0) is 19.1 Å². The predicted molar refractivity (Wildman–Crippen MR) is 135 cm³/mol. The Labute approximate surface area is 206 Å². The molecule has 0 bridgehead atoms. The second-order valence-corrected chi connectivity index (χ2v) is 10.6. The number of nitrogens with one attached hydrogen (secondary N) is 2. The first-order valence-electron chi connectivity index (χ1n) is 13.8. The molecule has 2 unspecified atom stereocenters. The number of carbonyl (C=O) groups is 2. The zero-order chi connectivity index (χ0) is 28.3. The fraction of sp³-hybridized carbons (Fsp3) is 0.852. The molecule has 0 aromatic heterocycles. The van der Waals surface area contributed by atoms with Gasteiger partial charge in [-0.15, -0.1) is 0 Å². The van der Waals surface area contributed by atoms with Gasteiger partial charge in [0.25, 0.3) is 0 Å². The number of amides is 1. The minimum Gasteiger partial charge on any atom is -0.459 e. The van der Waals surface area contributed by atoms with Crippen molar-refractivity contribution < 1.29 is 23.2 Å². The van der Waals surface area contributed by atoms with Gasteiger partial charge in [0, 0.05) is 20.3 Å². The molecule has 5 atom stereocenters. The Morgan fingerprint density at radius 1 is 1.27 bits per heavy atom. The van der Waals surface area contributed by atoms with Crippen molar-refractivity contribution in [1.82, 2.24) is 10.6 Å². The SMILES string of the molecule is [2H]C([2H])(C)C([2H])(C)OC(=O)C1=C[C@@H](OC(C)(CCC)C(C)(C)CC)[C@](C)(NC(=O)C(C)C)[C@@H](NC)C1. The summed E-state index contributed by atoms with van der Waals surface area (Å²) in [5.41, 5.74) is -1.32. The van der Waals surface area contributed by atoms with Crippen molar-refractivity contribution in [2.45, 2.75) is 131 Å². The fourth-order valence-electron chi connectivity index (χ4n) is 4.28. The standard InChI is InChI=1S/C27H50N2O4/c1-12-15-26(9,25(7,8)14-3)33-22-17-20(24(31)32-19(6)13-2)16-21(28-11)27(22,10)29-23(30)18(4)5/h17-19,21-22,28H,12-16H2,1-11H3,(H,29,30)/t19?,21-,22+,26?,27+/m0/s1/i13D2,19D. The maximum absolute atomic E-state index is 13.2. The summed E-state index contributed by atoms with van der Waals surface area (Å²) in [6.45, 7) is 18.7. The molecule has 2 N–H and O–H groups in total. The van der Waals surface area contributed by atoms with E-state index in [4.69, 9.17) is 13.6 Å². The van der Waals surface area contributed by atoms with E-state index in [1.807, 2.05) is 20.8 Å². The summed E-state index contributed by atoms with van der Waals surface area (Å²) >= 11 is 0. The third-order valence-electron chi connectivity index (χ3n) is 7.65. The van der Waals surface area contributed by atoms with Gasteiger partial charge < -0.3 is 20.1 Å². The van der Waals surface area contributed by atoms with Crippen LogP contribution in [0.15, 0.2) is 11.6 Å². The van der Waals surface area contributed by atoms with E-state index < -0.39 is 35.7 Å². The number of hydrogen-bond donors (Lipinski definition) is 2. The molecule has 0 saturated carbocycles. The van der Waals surface area contributed by atoms with E-state index >= 15 is 0 Å². The van der Waals surface area contributed by atoms with Crippen LogP contribution in [0.2, 0.25) is 0 Å². The molecule has 6 heteroatoms. The highest BCUT2D eigenvalue weighted by Gasteiger charge is 2.51. The summed E-state index contributed by atoms with van der Waals surface area (Å²) in [6.07, 6.45) is -0.290. The maximum Gasteiger partial charge on any atom is 0.334 e. The van der Waals surface area contributed by atoms with Gasteiger partial charge in [0.2, 0.25) is 5.91 Å². The number of rotatable bonds is 12. The Morgan fingerprint density at radius 2 is 1.88 bits per heavy atom. The minimum atomic E-state index is -2.07. The Kier molecular flexibility index (Phi) is 8.86. The van der Waals surface area contributed by atoms with Gasteiger partial charge in [0.1, 0.15) is 6.10 Å². The topological polar surface area (TPSA) is 76.7 Å². The summed E-state index contributed by atoms with van der Waals surface area (Å²) < 4.78 is 36.3. The number of hydrogen-bond acceptors (Lipinski definition) is 5. The van der Waals surface area contributed by atoms with Gasteiger partial charge in [-0.1, -0.05) is 54.9 Å². The van der Waals surface area contributed by atoms with Crippen molar-refractivity contribution in [1.29, 1.82) is 0 Å². The molecular formula is C27H50N2O4. The highest BCUT2D eigenvalue weighted by atomic mass is 16.5. The van der Waals surface area contributed by atoms with Gasteiger partial charge >= 0.3 is 5.97 Å². The molecule has 6 nitrogen and oxygen atoms in total. The predicted octanol–water partition coefficient (Wildman–Crippen LogP) is 5.16. The molecular weight excluding hydrogens is 416 g/mol. The summed E-state index contributed by atoms with van der Waals surface area (Å²) in [4.78, 5) is 26.1. The fourth-order valence-corrected chi connectivity index (χ4v) is 4.28. The molecule has 0 aromatic carbocycles. The minimum absolute atomic E-state index is 0.115. The van der Waals surface area contributed by atoms with Crippen LogP contribution < -0.4 is 10.6 Å². The van der Waals surface area contributed by atoms with Crippen LogP contribution >= 0.6 is 0 Å². The van der Waals surface area contributed by atoms with Crippen molar-refractivity contribution >= 4 is 11.9 Å². The molecule has 1 amide bonds. The molecule has 1 aliphatic carbocycles. The number of likely N-dealkylation sites (N-methyl/N-ethyl adjacent to an activating group) is 1. The van der Waals surface area contributed by atoms with Gasteiger partial charge in [-0.2, -0.15) is 0 Å². The van der Waals surface area contributed by atoms with E-state index in [1.54, 1.807) is 13.1 Å². The average Bonchev–Trinajstić information content (AvgIpc) is 2.73. The maximum atomic E-state index is 13.2. The first kappa shape index (κ1) is 24.7.